The molecule has 12 heteroatoms. The van der Waals surface area contributed by atoms with Crippen LogP contribution in [0.15, 0.2) is 12.7 Å². The Morgan fingerprint density at radius 2 is 1.97 bits per heavy atom. The molecule has 0 aromatic carbocycles. The molecule has 0 radical (unpaired) electrons. The topological polar surface area (TPSA) is 118 Å². The third-order valence-electron chi connectivity index (χ3n) is 5.23. The Morgan fingerprint density at radius 3 is 2.65 bits per heavy atom. The summed E-state index contributed by atoms with van der Waals surface area (Å²) in [6.45, 7) is 6.63. The first-order chi connectivity index (χ1) is 15.0. The Hall–Kier alpha value is -0.953. The van der Waals surface area contributed by atoms with Gasteiger partial charge in [-0.05, 0) is 6.42 Å². The van der Waals surface area contributed by atoms with Gasteiger partial charge in [-0.3, -0.25) is 4.57 Å². The van der Waals surface area contributed by atoms with E-state index in [0.717, 1.165) is 37.1 Å². The number of nitrogen functional groups attached to an aromatic ring is 1. The van der Waals surface area contributed by atoms with Gasteiger partial charge in [-0.25, -0.2) is 15.0 Å². The van der Waals surface area contributed by atoms with Crippen LogP contribution in [0, 0.1) is 0 Å². The van der Waals surface area contributed by atoms with E-state index in [2.05, 4.69) is 35.7 Å². The second kappa shape index (κ2) is 11.3. The number of hydrogen-bond acceptors (Lipinski definition) is 9. The van der Waals surface area contributed by atoms with Crippen molar-refractivity contribution in [2.24, 2.45) is 0 Å². The van der Waals surface area contributed by atoms with Crippen molar-refractivity contribution in [1.29, 1.82) is 0 Å². The first-order valence-corrected chi connectivity index (χ1v) is 14.4. The minimum Gasteiger partial charge on any atom is -0.543 e. The van der Waals surface area contributed by atoms with Crippen molar-refractivity contribution in [3.8, 4) is 0 Å². The maximum Gasteiger partial charge on any atom is 0.167 e. The molecular weight excluding hydrogens is 458 g/mol. The molecule has 9 nitrogen and oxygen atoms in total. The van der Waals surface area contributed by atoms with Gasteiger partial charge in [0.25, 0.3) is 0 Å². The van der Waals surface area contributed by atoms with E-state index in [1.807, 2.05) is 0 Å². The van der Waals surface area contributed by atoms with Crippen LogP contribution in [-0.4, -0.2) is 63.1 Å². The number of rotatable bonds is 12. The Morgan fingerprint density at radius 1 is 1.23 bits per heavy atom. The summed E-state index contributed by atoms with van der Waals surface area (Å²) in [7, 11) is -2.42. The summed E-state index contributed by atoms with van der Waals surface area (Å²) in [5.74, 6) is 1.21. The molecule has 0 aliphatic carbocycles. The third-order valence-corrected chi connectivity index (χ3v) is 11.2. The standard InChI is InChI=1S/C19H32ClN5O4SSi/c1-4-7-30-29-31(8-5-2,9-6-3)27-10-13-16(26)14(20)19(28-13)25-12-24-15-17(21)22-11-23-18(15)25/h11-14,16,19,26H,4-10H2,1-3H3,(H2,21,22,23)/q-1/t13?,14?,16?,19-/m1/s1. The number of imidazole rings is 1. The Bertz CT molecular complexity index is 841. The number of aromatic nitrogens is 4. The Balaban J connectivity index is 1.73. The maximum atomic E-state index is 10.8. The van der Waals surface area contributed by atoms with Crippen LogP contribution < -0.4 is 5.73 Å². The molecule has 3 N–H and O–H groups in total. The van der Waals surface area contributed by atoms with E-state index < -0.39 is 32.4 Å². The second-order valence-corrected chi connectivity index (χ2v) is 12.6. The van der Waals surface area contributed by atoms with Crippen molar-refractivity contribution in [2.75, 3.05) is 18.1 Å². The van der Waals surface area contributed by atoms with Gasteiger partial charge in [0.05, 0.1) is 6.33 Å². The van der Waals surface area contributed by atoms with Crippen LogP contribution in [0.4, 0.5) is 5.82 Å². The average Bonchev–Trinajstić information content (AvgIpc) is 3.30. The summed E-state index contributed by atoms with van der Waals surface area (Å²) in [5, 5.41) is 10.1. The van der Waals surface area contributed by atoms with E-state index in [-0.39, 0.29) is 12.4 Å². The van der Waals surface area contributed by atoms with Gasteiger partial charge >= 0.3 is 0 Å². The fourth-order valence-corrected chi connectivity index (χ4v) is 8.82. The van der Waals surface area contributed by atoms with Crippen LogP contribution in [0.25, 0.3) is 11.2 Å². The molecule has 2 aromatic heterocycles. The first-order valence-electron chi connectivity index (χ1n) is 10.8. The number of aliphatic hydroxyl groups is 1. The average molecular weight is 490 g/mol. The lowest BCUT2D eigenvalue weighted by Gasteiger charge is -2.43. The van der Waals surface area contributed by atoms with E-state index in [1.54, 1.807) is 10.9 Å². The zero-order valence-corrected chi connectivity index (χ0v) is 20.8. The van der Waals surface area contributed by atoms with Crippen LogP contribution >= 0.6 is 23.6 Å². The van der Waals surface area contributed by atoms with E-state index in [0.29, 0.717) is 11.2 Å². The number of alkyl halides is 1. The van der Waals surface area contributed by atoms with Crippen LogP contribution in [-0.2, 0) is 13.0 Å². The smallest absolute Gasteiger partial charge is 0.167 e. The van der Waals surface area contributed by atoms with Crippen molar-refractivity contribution in [1.82, 2.24) is 19.5 Å². The fourth-order valence-electron chi connectivity index (χ4n) is 3.73. The molecule has 0 saturated carbocycles. The van der Waals surface area contributed by atoms with Gasteiger partial charge in [-0.15, -0.1) is 23.7 Å². The van der Waals surface area contributed by atoms with Gasteiger partial charge < -0.3 is 23.9 Å². The molecule has 31 heavy (non-hydrogen) atoms. The Kier molecular flexibility index (Phi) is 8.97. The van der Waals surface area contributed by atoms with E-state index >= 15 is 0 Å². The van der Waals surface area contributed by atoms with Crippen LogP contribution in [0.5, 0.6) is 0 Å². The molecule has 3 unspecified atom stereocenters. The molecule has 0 bridgehead atoms. The molecule has 1 aliphatic rings. The number of nitrogens with two attached hydrogens (primary N) is 1. The lowest BCUT2D eigenvalue weighted by Crippen LogP contribution is -2.44. The molecule has 2 aromatic rings. The van der Waals surface area contributed by atoms with Crippen LogP contribution in [0.1, 0.15) is 46.3 Å². The lowest BCUT2D eigenvalue weighted by molar-refractivity contribution is -0.0426. The number of anilines is 1. The highest BCUT2D eigenvalue weighted by Crippen LogP contribution is 2.37. The zero-order chi connectivity index (χ0) is 22.4. The minimum absolute atomic E-state index is 0.226. The van der Waals surface area contributed by atoms with Gasteiger partial charge in [0.15, 0.2) is 17.7 Å². The quantitative estimate of drug-likeness (QED) is 0.199. The Labute approximate surface area is 193 Å². The number of hydrogen-bond donors (Lipinski definition) is 2. The van der Waals surface area contributed by atoms with Crippen molar-refractivity contribution < 1.29 is 18.1 Å². The highest BCUT2D eigenvalue weighted by Gasteiger charge is 2.44. The first kappa shape index (κ1) is 24.7. The molecule has 0 spiro atoms. The van der Waals surface area contributed by atoms with E-state index in [4.69, 9.17) is 30.4 Å². The lowest BCUT2D eigenvalue weighted by atomic mass is 10.2. The molecular formula is C19H32ClN5O4SSi-. The summed E-state index contributed by atoms with van der Waals surface area (Å²) < 4.78 is 20.5. The van der Waals surface area contributed by atoms with Gasteiger partial charge in [-0.2, -0.15) is 0 Å². The van der Waals surface area contributed by atoms with Crippen molar-refractivity contribution in [2.45, 2.75) is 75.9 Å². The largest absolute Gasteiger partial charge is 0.543 e. The summed E-state index contributed by atoms with van der Waals surface area (Å²) in [4.78, 5) is 12.5. The summed E-state index contributed by atoms with van der Waals surface area (Å²) >= 11 is 8.05. The normalized spacial score (nSPS) is 24.3. The van der Waals surface area contributed by atoms with Crippen LogP contribution in [0.3, 0.4) is 0 Å². The second-order valence-electron chi connectivity index (χ2n) is 7.71. The monoisotopic (exact) mass is 489 g/mol. The summed E-state index contributed by atoms with van der Waals surface area (Å²) in [5.41, 5.74) is 6.86. The molecule has 3 heterocycles. The predicted molar refractivity (Wildman–Crippen MR) is 125 cm³/mol. The zero-order valence-electron chi connectivity index (χ0n) is 18.2. The molecule has 0 amide bonds. The van der Waals surface area contributed by atoms with Crippen molar-refractivity contribution >= 4 is 49.2 Å². The molecule has 175 valence electrons. The highest BCUT2D eigenvalue weighted by atomic mass is 35.5. The molecule has 1 fully saturated rings. The van der Waals surface area contributed by atoms with E-state index in [9.17, 15) is 5.11 Å². The highest BCUT2D eigenvalue weighted by molar-refractivity contribution is 7.95. The van der Waals surface area contributed by atoms with Gasteiger partial charge in [0, 0.05) is 12.4 Å². The minimum atomic E-state index is -2.42. The fraction of sp³-hybridized carbons (Fsp3) is 0.737. The number of halogens is 1. The number of nitrogens with zero attached hydrogens (tertiary/aromatic N) is 4. The van der Waals surface area contributed by atoms with Gasteiger partial charge in [0.2, 0.25) is 0 Å². The molecule has 3 rings (SSSR count). The molecule has 4 atom stereocenters. The molecule has 1 aliphatic heterocycles. The number of fused-ring (bicyclic) bond motifs is 1. The van der Waals surface area contributed by atoms with Crippen LogP contribution in [0.2, 0.25) is 12.1 Å². The van der Waals surface area contributed by atoms with Crippen molar-refractivity contribution in [3.05, 3.63) is 12.7 Å². The summed E-state index contributed by atoms with van der Waals surface area (Å²) in [6.07, 6.45) is 3.81. The predicted octanol–water partition coefficient (Wildman–Crippen LogP) is 3.63. The number of aliphatic hydroxyl groups excluding tert-OH is 1. The number of ether oxygens (including phenoxy) is 1. The van der Waals surface area contributed by atoms with Gasteiger partial charge in [-0.1, -0.05) is 45.7 Å². The maximum absolute atomic E-state index is 10.8. The van der Waals surface area contributed by atoms with E-state index in [1.165, 1.54) is 18.4 Å². The SMILES string of the molecule is CCCSO[Si-](CCC)(CCC)OCC1O[C@@H](n2cnc3c(N)ncnc32)C(Cl)C1O. The summed E-state index contributed by atoms with van der Waals surface area (Å²) in [6, 6.07) is 1.80. The molecule has 1 saturated heterocycles. The van der Waals surface area contributed by atoms with Gasteiger partial charge in [0.1, 0.15) is 38.0 Å². The van der Waals surface area contributed by atoms with Crippen molar-refractivity contribution in [3.63, 3.8) is 0 Å². The third kappa shape index (κ3) is 5.52.